The van der Waals surface area contributed by atoms with Crippen LogP contribution in [0.2, 0.25) is 0 Å². The Bertz CT molecular complexity index is 1430. The molecule has 3 N–H and O–H groups in total. The standard InChI is InChI=1S/C24H25N7O2S2/c1-16-4-10-20(11-5-16)35(32,33)30-18-6-8-19(9-7-18)34-24-26-21(25-22-14-17(2)28-29-22)15-23(27-24)31-12-3-13-31/h4-11,14-15,30H,3,12-13H2,1-2H3,(H2,25,26,27,28,29). The predicted octanol–water partition coefficient (Wildman–Crippen LogP) is 4.72. The van der Waals surface area contributed by atoms with Gasteiger partial charge in [0.05, 0.1) is 4.90 Å². The van der Waals surface area contributed by atoms with E-state index in [0.717, 1.165) is 41.5 Å². The van der Waals surface area contributed by atoms with E-state index in [2.05, 4.69) is 30.1 Å². The van der Waals surface area contributed by atoms with Gasteiger partial charge in [-0.05, 0) is 68.4 Å². The van der Waals surface area contributed by atoms with E-state index in [-0.39, 0.29) is 4.90 Å². The lowest BCUT2D eigenvalue weighted by Gasteiger charge is -2.32. The van der Waals surface area contributed by atoms with Gasteiger partial charge in [-0.2, -0.15) is 5.10 Å². The minimum atomic E-state index is -3.65. The van der Waals surface area contributed by atoms with E-state index in [1.165, 1.54) is 11.8 Å². The van der Waals surface area contributed by atoms with Crippen molar-refractivity contribution in [3.05, 3.63) is 71.9 Å². The molecule has 1 aliphatic heterocycles. The van der Waals surface area contributed by atoms with Crippen molar-refractivity contribution in [3.8, 4) is 0 Å². The molecule has 1 aliphatic rings. The van der Waals surface area contributed by atoms with Gasteiger partial charge in [0.25, 0.3) is 10.0 Å². The Balaban J connectivity index is 1.32. The molecule has 0 amide bonds. The van der Waals surface area contributed by atoms with E-state index in [4.69, 9.17) is 4.98 Å². The summed E-state index contributed by atoms with van der Waals surface area (Å²) in [6, 6.07) is 17.8. The second kappa shape index (κ2) is 9.59. The van der Waals surface area contributed by atoms with Crippen LogP contribution >= 0.6 is 11.8 Å². The van der Waals surface area contributed by atoms with Crippen LogP contribution < -0.4 is 14.9 Å². The van der Waals surface area contributed by atoms with Gasteiger partial charge in [-0.3, -0.25) is 9.82 Å². The molecule has 35 heavy (non-hydrogen) atoms. The maximum Gasteiger partial charge on any atom is 0.261 e. The van der Waals surface area contributed by atoms with Crippen molar-refractivity contribution >= 4 is 44.9 Å². The van der Waals surface area contributed by atoms with Crippen molar-refractivity contribution in [3.63, 3.8) is 0 Å². The van der Waals surface area contributed by atoms with Crippen LogP contribution in [0.5, 0.6) is 0 Å². The highest BCUT2D eigenvalue weighted by Crippen LogP contribution is 2.31. The number of rotatable bonds is 8. The summed E-state index contributed by atoms with van der Waals surface area (Å²) < 4.78 is 27.9. The molecule has 4 aromatic rings. The molecule has 0 radical (unpaired) electrons. The van der Waals surface area contributed by atoms with Crippen molar-refractivity contribution < 1.29 is 8.42 Å². The van der Waals surface area contributed by atoms with E-state index in [9.17, 15) is 8.42 Å². The fraction of sp³-hybridized carbons (Fsp3) is 0.208. The zero-order chi connectivity index (χ0) is 24.4. The molecule has 3 heterocycles. The smallest absolute Gasteiger partial charge is 0.261 e. The van der Waals surface area contributed by atoms with Gasteiger partial charge in [0, 0.05) is 41.5 Å². The summed E-state index contributed by atoms with van der Waals surface area (Å²) in [4.78, 5) is 12.7. The first kappa shape index (κ1) is 23.2. The lowest BCUT2D eigenvalue weighted by atomic mass is 10.2. The molecule has 0 aliphatic carbocycles. The summed E-state index contributed by atoms with van der Waals surface area (Å²) in [5, 5.41) is 11.0. The zero-order valence-electron chi connectivity index (χ0n) is 19.3. The van der Waals surface area contributed by atoms with Crippen molar-refractivity contribution in [1.29, 1.82) is 0 Å². The molecule has 5 rings (SSSR count). The van der Waals surface area contributed by atoms with Crippen molar-refractivity contribution in [1.82, 2.24) is 20.2 Å². The quantitative estimate of drug-likeness (QED) is 0.293. The molecule has 0 unspecified atom stereocenters. The number of hydrogen-bond donors (Lipinski definition) is 3. The summed E-state index contributed by atoms with van der Waals surface area (Å²) in [6.07, 6.45) is 1.15. The number of aromatic amines is 1. The van der Waals surface area contributed by atoms with Crippen LogP contribution in [0.15, 0.2) is 75.6 Å². The monoisotopic (exact) mass is 507 g/mol. The van der Waals surface area contributed by atoms with Gasteiger partial charge in [0.2, 0.25) is 0 Å². The highest BCUT2D eigenvalue weighted by molar-refractivity contribution is 7.99. The number of nitrogens with zero attached hydrogens (tertiary/aromatic N) is 4. The molecule has 0 spiro atoms. The van der Waals surface area contributed by atoms with Crippen LogP contribution in [0, 0.1) is 13.8 Å². The zero-order valence-corrected chi connectivity index (χ0v) is 20.9. The number of hydrogen-bond acceptors (Lipinski definition) is 8. The van der Waals surface area contributed by atoms with Gasteiger partial charge < -0.3 is 10.2 Å². The minimum absolute atomic E-state index is 0.227. The third-order valence-corrected chi connectivity index (χ3v) is 7.75. The third kappa shape index (κ3) is 5.57. The predicted molar refractivity (Wildman–Crippen MR) is 138 cm³/mol. The van der Waals surface area contributed by atoms with Gasteiger partial charge in [-0.1, -0.05) is 17.7 Å². The lowest BCUT2D eigenvalue weighted by Crippen LogP contribution is -2.37. The molecular weight excluding hydrogens is 482 g/mol. The number of benzene rings is 2. The van der Waals surface area contributed by atoms with Crippen LogP contribution in [0.4, 0.5) is 23.1 Å². The molecule has 0 atom stereocenters. The van der Waals surface area contributed by atoms with E-state index in [1.54, 1.807) is 36.4 Å². The molecule has 0 bridgehead atoms. The first-order valence-corrected chi connectivity index (χ1v) is 13.4. The number of H-pyrrole nitrogens is 1. The van der Waals surface area contributed by atoms with Gasteiger partial charge in [0.1, 0.15) is 11.6 Å². The Morgan fingerprint density at radius 3 is 2.31 bits per heavy atom. The molecule has 0 saturated carbocycles. The highest BCUT2D eigenvalue weighted by atomic mass is 32.2. The Hall–Kier alpha value is -3.57. The van der Waals surface area contributed by atoms with Gasteiger partial charge >= 0.3 is 0 Å². The Morgan fingerprint density at radius 1 is 0.943 bits per heavy atom. The van der Waals surface area contributed by atoms with Crippen LogP contribution in [0.1, 0.15) is 17.7 Å². The number of anilines is 4. The maximum atomic E-state index is 12.7. The normalized spacial score (nSPS) is 13.4. The SMILES string of the molecule is Cc1ccc(S(=O)(=O)Nc2ccc(Sc3nc(Nc4cc(C)[nH]n4)cc(N4CCC4)n3)cc2)cc1. The van der Waals surface area contributed by atoms with E-state index >= 15 is 0 Å². The van der Waals surface area contributed by atoms with Crippen LogP contribution in [-0.2, 0) is 10.0 Å². The Kier molecular flexibility index (Phi) is 6.35. The summed E-state index contributed by atoms with van der Waals surface area (Å²) in [6.45, 7) is 5.80. The first-order valence-electron chi connectivity index (χ1n) is 11.1. The van der Waals surface area contributed by atoms with Gasteiger partial charge in [-0.15, -0.1) is 0 Å². The Labute approximate surface area is 208 Å². The molecule has 11 heteroatoms. The largest absolute Gasteiger partial charge is 0.356 e. The van der Waals surface area contributed by atoms with E-state index < -0.39 is 10.0 Å². The molecule has 9 nitrogen and oxygen atoms in total. The average Bonchev–Trinajstić information content (AvgIpc) is 3.18. The summed E-state index contributed by atoms with van der Waals surface area (Å²) in [5.41, 5.74) is 2.45. The van der Waals surface area contributed by atoms with Crippen LogP contribution in [0.25, 0.3) is 0 Å². The summed E-state index contributed by atoms with van der Waals surface area (Å²) in [5.74, 6) is 2.22. The average molecular weight is 508 g/mol. The number of aromatic nitrogens is 4. The lowest BCUT2D eigenvalue weighted by molar-refractivity contribution is 0.601. The molecule has 2 aromatic heterocycles. The summed E-state index contributed by atoms with van der Waals surface area (Å²) in [7, 11) is -3.65. The molecule has 180 valence electrons. The number of nitrogens with one attached hydrogen (secondary N) is 3. The van der Waals surface area contributed by atoms with Crippen LogP contribution in [-0.4, -0.2) is 41.7 Å². The Morgan fingerprint density at radius 2 is 1.69 bits per heavy atom. The third-order valence-electron chi connectivity index (χ3n) is 5.48. The second-order valence-electron chi connectivity index (χ2n) is 8.34. The fourth-order valence-corrected chi connectivity index (χ4v) is 5.30. The number of aryl methyl sites for hydroxylation is 2. The maximum absolute atomic E-state index is 12.7. The fourth-order valence-electron chi connectivity index (χ4n) is 3.47. The van der Waals surface area contributed by atoms with Crippen molar-refractivity contribution in [2.24, 2.45) is 0 Å². The molecular formula is C24H25N7O2S2. The highest BCUT2D eigenvalue weighted by Gasteiger charge is 2.19. The second-order valence-corrected chi connectivity index (χ2v) is 11.1. The van der Waals surface area contributed by atoms with E-state index in [0.29, 0.717) is 22.5 Å². The van der Waals surface area contributed by atoms with Crippen LogP contribution in [0.3, 0.4) is 0 Å². The minimum Gasteiger partial charge on any atom is -0.356 e. The molecule has 1 saturated heterocycles. The van der Waals surface area contributed by atoms with Gasteiger partial charge in [0.15, 0.2) is 11.0 Å². The topological polar surface area (TPSA) is 116 Å². The first-order chi connectivity index (χ1) is 16.8. The number of sulfonamides is 1. The summed E-state index contributed by atoms with van der Waals surface area (Å²) >= 11 is 1.41. The molecule has 2 aromatic carbocycles. The van der Waals surface area contributed by atoms with Gasteiger partial charge in [-0.25, -0.2) is 18.4 Å². The van der Waals surface area contributed by atoms with Crippen molar-refractivity contribution in [2.45, 2.75) is 35.2 Å². The van der Waals surface area contributed by atoms with Crippen molar-refractivity contribution in [2.75, 3.05) is 28.0 Å². The molecule has 1 fully saturated rings. The van der Waals surface area contributed by atoms with E-state index in [1.807, 2.05) is 38.1 Å².